The van der Waals surface area contributed by atoms with E-state index in [1.165, 1.54) is 0 Å². The van der Waals surface area contributed by atoms with E-state index in [2.05, 4.69) is 0 Å². The molecule has 0 aromatic heterocycles. The van der Waals surface area contributed by atoms with Crippen molar-refractivity contribution in [2.24, 2.45) is 0 Å². The SMILES string of the molecule is CCC(C)OOC(=O)c1cccc(C)c1. The van der Waals surface area contributed by atoms with Gasteiger partial charge in [0.15, 0.2) is 0 Å². The Labute approximate surface area is 89.9 Å². The Balaban J connectivity index is 2.54. The van der Waals surface area contributed by atoms with Crippen LogP contribution in [0.15, 0.2) is 24.3 Å². The molecule has 0 aliphatic carbocycles. The molecule has 1 atom stereocenters. The molecule has 0 heterocycles. The van der Waals surface area contributed by atoms with Crippen LogP contribution in [-0.4, -0.2) is 12.1 Å². The summed E-state index contributed by atoms with van der Waals surface area (Å²) in [5, 5.41) is 0. The Morgan fingerprint density at radius 1 is 1.47 bits per heavy atom. The molecular weight excluding hydrogens is 192 g/mol. The van der Waals surface area contributed by atoms with Gasteiger partial charge in [0, 0.05) is 0 Å². The van der Waals surface area contributed by atoms with Crippen molar-refractivity contribution in [3.63, 3.8) is 0 Å². The maximum absolute atomic E-state index is 11.5. The normalized spacial score (nSPS) is 12.2. The summed E-state index contributed by atoms with van der Waals surface area (Å²) in [6.07, 6.45) is 0.736. The van der Waals surface area contributed by atoms with Crippen LogP contribution in [0.2, 0.25) is 0 Å². The molecule has 1 rings (SSSR count). The van der Waals surface area contributed by atoms with Crippen LogP contribution in [0.5, 0.6) is 0 Å². The van der Waals surface area contributed by atoms with E-state index in [4.69, 9.17) is 9.78 Å². The molecule has 0 spiro atoms. The van der Waals surface area contributed by atoms with E-state index < -0.39 is 5.97 Å². The lowest BCUT2D eigenvalue weighted by atomic mass is 10.1. The van der Waals surface area contributed by atoms with Crippen LogP contribution in [0, 0.1) is 6.92 Å². The molecule has 0 radical (unpaired) electrons. The highest BCUT2D eigenvalue weighted by Gasteiger charge is 2.09. The molecule has 82 valence electrons. The Morgan fingerprint density at radius 2 is 2.20 bits per heavy atom. The minimum Gasteiger partial charge on any atom is -0.293 e. The Bertz CT molecular complexity index is 333. The van der Waals surface area contributed by atoms with Crippen LogP contribution in [0.3, 0.4) is 0 Å². The summed E-state index contributed by atoms with van der Waals surface area (Å²) in [5.74, 6) is -0.445. The second-order valence-corrected chi connectivity index (χ2v) is 3.56. The van der Waals surface area contributed by atoms with Gasteiger partial charge in [0.05, 0.1) is 5.56 Å². The number of carbonyl (C=O) groups is 1. The van der Waals surface area contributed by atoms with Crippen molar-refractivity contribution in [2.75, 3.05) is 0 Å². The standard InChI is InChI=1S/C12H16O3/c1-4-10(3)14-15-12(13)11-7-5-6-9(2)8-11/h5-8,10H,4H2,1-3H3. The van der Waals surface area contributed by atoms with Crippen molar-refractivity contribution >= 4 is 5.97 Å². The van der Waals surface area contributed by atoms with Crippen molar-refractivity contribution < 1.29 is 14.6 Å². The molecule has 3 heteroatoms. The predicted octanol–water partition coefficient (Wildman–Crippen LogP) is 2.88. The van der Waals surface area contributed by atoms with Crippen LogP contribution in [0.25, 0.3) is 0 Å². The van der Waals surface area contributed by atoms with E-state index in [0.29, 0.717) is 5.56 Å². The van der Waals surface area contributed by atoms with Gasteiger partial charge in [-0.3, -0.25) is 4.89 Å². The summed E-state index contributed by atoms with van der Waals surface area (Å²) in [6, 6.07) is 7.21. The Kier molecular flexibility index (Phi) is 4.31. The summed E-state index contributed by atoms with van der Waals surface area (Å²) in [7, 11) is 0. The molecule has 15 heavy (non-hydrogen) atoms. The van der Waals surface area contributed by atoms with Gasteiger partial charge >= 0.3 is 5.97 Å². The van der Waals surface area contributed by atoms with Crippen molar-refractivity contribution in [3.05, 3.63) is 35.4 Å². The monoisotopic (exact) mass is 208 g/mol. The summed E-state index contributed by atoms with van der Waals surface area (Å²) in [4.78, 5) is 21.1. The first-order chi connectivity index (χ1) is 7.13. The van der Waals surface area contributed by atoms with E-state index in [1.54, 1.807) is 12.1 Å². The van der Waals surface area contributed by atoms with Gasteiger partial charge in [-0.15, -0.1) is 0 Å². The molecule has 0 amide bonds. The molecule has 0 bridgehead atoms. The molecule has 1 unspecified atom stereocenters. The van der Waals surface area contributed by atoms with Gasteiger partial charge in [-0.2, -0.15) is 4.89 Å². The van der Waals surface area contributed by atoms with Crippen LogP contribution in [0.1, 0.15) is 36.2 Å². The molecule has 0 aliphatic heterocycles. The molecular formula is C12H16O3. The molecule has 1 aromatic carbocycles. The minimum absolute atomic E-state index is 0.0706. The summed E-state index contributed by atoms with van der Waals surface area (Å²) in [5.41, 5.74) is 1.53. The molecule has 0 fully saturated rings. The zero-order valence-electron chi connectivity index (χ0n) is 9.32. The van der Waals surface area contributed by atoms with Gasteiger partial charge in [0.25, 0.3) is 0 Å². The largest absolute Gasteiger partial charge is 0.373 e. The first-order valence-corrected chi connectivity index (χ1v) is 5.07. The molecule has 0 saturated carbocycles. The number of hydrogen-bond donors (Lipinski definition) is 0. The zero-order chi connectivity index (χ0) is 11.3. The summed E-state index contributed by atoms with van der Waals surface area (Å²) >= 11 is 0. The quantitative estimate of drug-likeness (QED) is 0.563. The van der Waals surface area contributed by atoms with Gasteiger partial charge in [-0.1, -0.05) is 24.6 Å². The van der Waals surface area contributed by atoms with Gasteiger partial charge < -0.3 is 0 Å². The smallest absolute Gasteiger partial charge is 0.293 e. The van der Waals surface area contributed by atoms with Crippen LogP contribution < -0.4 is 0 Å². The summed E-state index contributed by atoms with van der Waals surface area (Å²) in [6.45, 7) is 5.74. The van der Waals surface area contributed by atoms with Crippen LogP contribution >= 0.6 is 0 Å². The third-order valence-corrected chi connectivity index (χ3v) is 2.12. The first kappa shape index (κ1) is 11.7. The van der Waals surface area contributed by atoms with E-state index >= 15 is 0 Å². The maximum atomic E-state index is 11.5. The third kappa shape index (κ3) is 3.72. The lowest BCUT2D eigenvalue weighted by Gasteiger charge is -2.08. The average molecular weight is 208 g/mol. The van der Waals surface area contributed by atoms with E-state index in [1.807, 2.05) is 32.9 Å². The fourth-order valence-corrected chi connectivity index (χ4v) is 1.01. The first-order valence-electron chi connectivity index (χ1n) is 5.07. The molecule has 1 aromatic rings. The highest BCUT2D eigenvalue weighted by molar-refractivity contribution is 5.89. The second-order valence-electron chi connectivity index (χ2n) is 3.56. The van der Waals surface area contributed by atoms with Crippen LogP contribution in [0.4, 0.5) is 0 Å². The topological polar surface area (TPSA) is 35.5 Å². The van der Waals surface area contributed by atoms with Gasteiger partial charge in [-0.05, 0) is 32.4 Å². The molecule has 0 saturated heterocycles. The van der Waals surface area contributed by atoms with Gasteiger partial charge in [0.1, 0.15) is 6.10 Å². The Morgan fingerprint density at radius 3 is 2.80 bits per heavy atom. The minimum atomic E-state index is -0.445. The fraction of sp³-hybridized carbons (Fsp3) is 0.417. The van der Waals surface area contributed by atoms with E-state index in [9.17, 15) is 4.79 Å². The fourth-order valence-electron chi connectivity index (χ4n) is 1.01. The third-order valence-electron chi connectivity index (χ3n) is 2.12. The predicted molar refractivity (Wildman–Crippen MR) is 57.4 cm³/mol. The van der Waals surface area contributed by atoms with Crippen molar-refractivity contribution in [1.29, 1.82) is 0 Å². The van der Waals surface area contributed by atoms with E-state index in [0.717, 1.165) is 12.0 Å². The highest BCUT2D eigenvalue weighted by atomic mass is 17.2. The summed E-state index contributed by atoms with van der Waals surface area (Å²) < 4.78 is 0. The second kappa shape index (κ2) is 5.51. The number of rotatable bonds is 4. The molecule has 0 aliphatic rings. The number of aryl methyl sites for hydroxylation is 1. The number of hydrogen-bond acceptors (Lipinski definition) is 3. The molecule has 3 nitrogen and oxygen atoms in total. The number of carbonyl (C=O) groups excluding carboxylic acids is 1. The van der Waals surface area contributed by atoms with Crippen molar-refractivity contribution in [1.82, 2.24) is 0 Å². The highest BCUT2D eigenvalue weighted by Crippen LogP contribution is 2.07. The van der Waals surface area contributed by atoms with Gasteiger partial charge in [0.2, 0.25) is 0 Å². The van der Waals surface area contributed by atoms with E-state index in [-0.39, 0.29) is 6.10 Å². The van der Waals surface area contributed by atoms with Crippen LogP contribution in [-0.2, 0) is 9.78 Å². The molecule has 0 N–H and O–H groups in total. The zero-order valence-corrected chi connectivity index (χ0v) is 9.32. The average Bonchev–Trinajstić information content (AvgIpc) is 2.25. The lowest BCUT2D eigenvalue weighted by Crippen LogP contribution is -2.12. The van der Waals surface area contributed by atoms with Crippen molar-refractivity contribution in [2.45, 2.75) is 33.3 Å². The Hall–Kier alpha value is -1.35. The lowest BCUT2D eigenvalue weighted by molar-refractivity contribution is -0.270. The number of benzene rings is 1. The van der Waals surface area contributed by atoms with Crippen molar-refractivity contribution in [3.8, 4) is 0 Å². The maximum Gasteiger partial charge on any atom is 0.373 e. The van der Waals surface area contributed by atoms with Gasteiger partial charge in [-0.25, -0.2) is 4.79 Å².